The van der Waals surface area contributed by atoms with Crippen LogP contribution in [0.15, 0.2) is 48.5 Å². The van der Waals surface area contributed by atoms with E-state index in [-0.39, 0.29) is 6.61 Å². The van der Waals surface area contributed by atoms with Crippen molar-refractivity contribution in [2.45, 2.75) is 13.0 Å². The molecule has 20 heavy (non-hydrogen) atoms. The van der Waals surface area contributed by atoms with Gasteiger partial charge in [-0.25, -0.2) is 4.79 Å². The number of esters is 1. The molecule has 1 aliphatic rings. The van der Waals surface area contributed by atoms with Crippen molar-refractivity contribution in [1.29, 1.82) is 0 Å². The van der Waals surface area contributed by atoms with Gasteiger partial charge in [0.15, 0.2) is 11.5 Å². The van der Waals surface area contributed by atoms with E-state index in [0.717, 1.165) is 5.56 Å². The average molecular weight is 270 g/mol. The van der Waals surface area contributed by atoms with Crippen molar-refractivity contribution in [3.05, 3.63) is 54.1 Å². The molecule has 3 rings (SSSR count). The maximum absolute atomic E-state index is 12.1. The second-order valence-corrected chi connectivity index (χ2v) is 4.60. The fourth-order valence-corrected chi connectivity index (χ4v) is 2.00. The Balaban J connectivity index is 1.70. The Morgan fingerprint density at radius 1 is 1.15 bits per heavy atom. The maximum atomic E-state index is 12.1. The van der Waals surface area contributed by atoms with Gasteiger partial charge in [-0.1, -0.05) is 24.3 Å². The highest BCUT2D eigenvalue weighted by atomic mass is 16.6. The van der Waals surface area contributed by atoms with Crippen molar-refractivity contribution in [2.24, 2.45) is 0 Å². The third-order valence-corrected chi connectivity index (χ3v) is 2.98. The van der Waals surface area contributed by atoms with Gasteiger partial charge in [-0.15, -0.1) is 0 Å². The number of ether oxygens (including phenoxy) is 3. The smallest absolute Gasteiger partial charge is 0.356 e. The third-order valence-electron chi connectivity index (χ3n) is 2.98. The molecule has 4 nitrogen and oxygen atoms in total. The lowest BCUT2D eigenvalue weighted by Crippen LogP contribution is -2.39. The number of hydrogen-bond donors (Lipinski definition) is 0. The molecule has 1 heterocycles. The predicted octanol–water partition coefficient (Wildman–Crippen LogP) is 2.74. The molecule has 0 aromatic heterocycles. The van der Waals surface area contributed by atoms with E-state index in [1.165, 1.54) is 0 Å². The van der Waals surface area contributed by atoms with Gasteiger partial charge in [0.05, 0.1) is 0 Å². The molecule has 0 radical (unpaired) electrons. The maximum Gasteiger partial charge on any atom is 0.356 e. The van der Waals surface area contributed by atoms with Crippen LogP contribution in [-0.2, 0) is 4.79 Å². The monoisotopic (exact) mass is 270 g/mol. The first kappa shape index (κ1) is 12.5. The largest absolute Gasteiger partial charge is 0.485 e. The SMILES string of the molecule is Cc1cccc(OC(=O)[C@@H]2COc3ccccc3O2)c1. The van der Waals surface area contributed by atoms with Crippen molar-refractivity contribution in [1.82, 2.24) is 0 Å². The van der Waals surface area contributed by atoms with Crippen LogP contribution in [0, 0.1) is 6.92 Å². The van der Waals surface area contributed by atoms with Crippen molar-refractivity contribution in [3.63, 3.8) is 0 Å². The minimum Gasteiger partial charge on any atom is -0.485 e. The first-order chi connectivity index (χ1) is 9.72. The van der Waals surface area contributed by atoms with E-state index in [9.17, 15) is 4.79 Å². The minimum atomic E-state index is -0.745. The number of hydrogen-bond acceptors (Lipinski definition) is 4. The van der Waals surface area contributed by atoms with E-state index in [2.05, 4.69) is 0 Å². The summed E-state index contributed by atoms with van der Waals surface area (Å²) in [6.07, 6.45) is -0.745. The van der Waals surface area contributed by atoms with Gasteiger partial charge in [0, 0.05) is 0 Å². The summed E-state index contributed by atoms with van der Waals surface area (Å²) < 4.78 is 16.4. The number of carbonyl (C=O) groups is 1. The normalized spacial score (nSPS) is 16.6. The summed E-state index contributed by atoms with van der Waals surface area (Å²) in [4.78, 5) is 12.1. The Hall–Kier alpha value is -2.49. The first-order valence-corrected chi connectivity index (χ1v) is 6.39. The number of fused-ring (bicyclic) bond motifs is 1. The van der Waals surface area contributed by atoms with Crippen molar-refractivity contribution in [2.75, 3.05) is 6.61 Å². The molecule has 2 aromatic carbocycles. The second kappa shape index (κ2) is 5.25. The van der Waals surface area contributed by atoms with Gasteiger partial charge in [0.25, 0.3) is 0 Å². The lowest BCUT2D eigenvalue weighted by atomic mass is 10.2. The number of para-hydroxylation sites is 2. The molecule has 102 valence electrons. The van der Waals surface area contributed by atoms with Crippen LogP contribution in [-0.4, -0.2) is 18.7 Å². The van der Waals surface area contributed by atoms with Crippen LogP contribution >= 0.6 is 0 Å². The zero-order chi connectivity index (χ0) is 13.9. The molecule has 0 aliphatic carbocycles. The number of rotatable bonds is 2. The van der Waals surface area contributed by atoms with Crippen LogP contribution in [0.2, 0.25) is 0 Å². The van der Waals surface area contributed by atoms with Gasteiger partial charge in [-0.2, -0.15) is 0 Å². The lowest BCUT2D eigenvalue weighted by Gasteiger charge is -2.24. The Morgan fingerprint density at radius 2 is 1.95 bits per heavy atom. The summed E-state index contributed by atoms with van der Waals surface area (Å²) in [5.74, 6) is 1.26. The zero-order valence-corrected chi connectivity index (χ0v) is 11.0. The molecular weight excluding hydrogens is 256 g/mol. The standard InChI is InChI=1S/C16H14O4/c1-11-5-4-6-12(9-11)19-16(17)15-10-18-13-7-2-3-8-14(13)20-15/h2-9,15H,10H2,1H3/t15-/m0/s1. The van der Waals surface area contributed by atoms with Gasteiger partial charge < -0.3 is 14.2 Å². The third kappa shape index (κ3) is 2.59. The topological polar surface area (TPSA) is 44.8 Å². The van der Waals surface area contributed by atoms with Crippen LogP contribution in [0.5, 0.6) is 17.2 Å². The molecule has 0 unspecified atom stereocenters. The Kier molecular flexibility index (Phi) is 3.29. The van der Waals surface area contributed by atoms with E-state index in [4.69, 9.17) is 14.2 Å². The molecule has 0 fully saturated rings. The van der Waals surface area contributed by atoms with Gasteiger partial charge in [-0.05, 0) is 36.8 Å². The molecule has 0 spiro atoms. The number of carbonyl (C=O) groups excluding carboxylic acids is 1. The zero-order valence-electron chi connectivity index (χ0n) is 11.0. The van der Waals surface area contributed by atoms with Gasteiger partial charge >= 0.3 is 5.97 Å². The van der Waals surface area contributed by atoms with Gasteiger partial charge in [-0.3, -0.25) is 0 Å². The molecular formula is C16H14O4. The highest BCUT2D eigenvalue weighted by molar-refractivity contribution is 5.78. The Morgan fingerprint density at radius 3 is 2.75 bits per heavy atom. The quantitative estimate of drug-likeness (QED) is 0.621. The highest BCUT2D eigenvalue weighted by Gasteiger charge is 2.29. The second-order valence-electron chi connectivity index (χ2n) is 4.60. The molecule has 4 heteroatoms. The van der Waals surface area contributed by atoms with Crippen molar-refractivity contribution in [3.8, 4) is 17.2 Å². The first-order valence-electron chi connectivity index (χ1n) is 6.39. The molecule has 1 aliphatic heterocycles. The van der Waals surface area contributed by atoms with Crippen LogP contribution in [0.25, 0.3) is 0 Å². The van der Waals surface area contributed by atoms with E-state index < -0.39 is 12.1 Å². The summed E-state index contributed by atoms with van der Waals surface area (Å²) in [7, 11) is 0. The summed E-state index contributed by atoms with van der Waals surface area (Å²) in [5, 5.41) is 0. The summed E-state index contributed by atoms with van der Waals surface area (Å²) in [5.41, 5.74) is 1.03. The van der Waals surface area contributed by atoms with E-state index >= 15 is 0 Å². The van der Waals surface area contributed by atoms with E-state index in [1.807, 2.05) is 31.2 Å². The number of aryl methyl sites for hydroxylation is 1. The summed E-state index contributed by atoms with van der Waals surface area (Å²) in [6.45, 7) is 2.09. The fraction of sp³-hybridized carbons (Fsp3) is 0.188. The number of benzene rings is 2. The molecule has 1 atom stereocenters. The van der Waals surface area contributed by atoms with E-state index in [1.54, 1.807) is 24.3 Å². The molecule has 0 N–H and O–H groups in total. The summed E-state index contributed by atoms with van der Waals surface area (Å²) >= 11 is 0. The van der Waals surface area contributed by atoms with Crippen LogP contribution in [0.1, 0.15) is 5.56 Å². The minimum absolute atomic E-state index is 0.154. The van der Waals surface area contributed by atoms with Crippen molar-refractivity contribution >= 4 is 5.97 Å². The predicted molar refractivity (Wildman–Crippen MR) is 73.2 cm³/mol. The van der Waals surface area contributed by atoms with Crippen molar-refractivity contribution < 1.29 is 19.0 Å². The van der Waals surface area contributed by atoms with Crippen LogP contribution in [0.3, 0.4) is 0 Å². The Bertz CT molecular complexity index is 636. The van der Waals surface area contributed by atoms with Crippen LogP contribution in [0.4, 0.5) is 0 Å². The molecule has 0 saturated heterocycles. The van der Waals surface area contributed by atoms with E-state index in [0.29, 0.717) is 17.2 Å². The lowest BCUT2D eigenvalue weighted by molar-refractivity contribution is -0.144. The average Bonchev–Trinajstić information content (AvgIpc) is 2.47. The molecule has 2 aromatic rings. The Labute approximate surface area is 116 Å². The fourth-order valence-electron chi connectivity index (χ4n) is 2.00. The molecule has 0 bridgehead atoms. The summed E-state index contributed by atoms with van der Waals surface area (Å²) in [6, 6.07) is 14.6. The molecule has 0 amide bonds. The molecule has 0 saturated carbocycles. The highest BCUT2D eigenvalue weighted by Crippen LogP contribution is 2.31. The van der Waals surface area contributed by atoms with Crippen LogP contribution < -0.4 is 14.2 Å². The van der Waals surface area contributed by atoms with Gasteiger partial charge in [0.2, 0.25) is 6.10 Å². The van der Waals surface area contributed by atoms with Gasteiger partial charge in [0.1, 0.15) is 12.4 Å².